The molecule has 0 amide bonds. The van der Waals surface area contributed by atoms with Crippen LogP contribution in [0.15, 0.2) is 54.6 Å². The maximum Gasteiger partial charge on any atom is 0.221 e. The van der Waals surface area contributed by atoms with Crippen LogP contribution >= 0.6 is 23.2 Å². The minimum absolute atomic E-state index is 0.597. The molecule has 0 aliphatic carbocycles. The Bertz CT molecular complexity index is 1590. The lowest BCUT2D eigenvalue weighted by molar-refractivity contribution is 0.298. The van der Waals surface area contributed by atoms with Gasteiger partial charge < -0.3 is 9.47 Å². The third kappa shape index (κ3) is 7.46. The second kappa shape index (κ2) is 13.7. The lowest BCUT2D eigenvalue weighted by Gasteiger charge is -2.10. The average molecular weight is 588 g/mol. The molecular formula is C33H32Cl2N4O2. The van der Waals surface area contributed by atoms with Crippen LogP contribution in [-0.4, -0.2) is 33.4 Å². The topological polar surface area (TPSA) is 72.9 Å². The molecule has 5 aromatic rings. The second-order valence-corrected chi connectivity index (χ2v) is 10.6. The Labute approximate surface area is 250 Å². The van der Waals surface area contributed by atoms with E-state index in [0.29, 0.717) is 35.0 Å². The van der Waals surface area contributed by atoms with Crippen LogP contribution in [0.3, 0.4) is 0 Å². The van der Waals surface area contributed by atoms with Gasteiger partial charge in [-0.1, -0.05) is 49.9 Å². The molecule has 2 aromatic carbocycles. The van der Waals surface area contributed by atoms with Crippen LogP contribution in [0.1, 0.15) is 62.0 Å². The number of aromatic nitrogens is 4. The third-order valence-electron chi connectivity index (χ3n) is 6.51. The van der Waals surface area contributed by atoms with Crippen LogP contribution in [0.25, 0.3) is 46.1 Å². The zero-order valence-electron chi connectivity index (χ0n) is 23.2. The molecule has 1 N–H and O–H groups in total. The monoisotopic (exact) mass is 586 g/mol. The van der Waals surface area contributed by atoms with Crippen LogP contribution in [0, 0.1) is 0 Å². The Balaban J connectivity index is 1.39. The van der Waals surface area contributed by atoms with Crippen LogP contribution in [-0.2, 0) is 0 Å². The molecular weight excluding hydrogens is 555 g/mol. The summed E-state index contributed by atoms with van der Waals surface area (Å²) >= 11 is 12.4. The number of unbranched alkanes of at least 4 members (excludes halogenated alkanes) is 2. The normalized spacial score (nSPS) is 11.8. The Hall–Kier alpha value is -3.87. The molecule has 0 saturated carbocycles. The highest BCUT2D eigenvalue weighted by Crippen LogP contribution is 2.28. The Morgan fingerprint density at radius 1 is 0.683 bits per heavy atom. The van der Waals surface area contributed by atoms with Crippen LogP contribution < -0.4 is 9.47 Å². The quantitative estimate of drug-likeness (QED) is 0.147. The van der Waals surface area contributed by atoms with Gasteiger partial charge in [0.25, 0.3) is 0 Å². The van der Waals surface area contributed by atoms with Gasteiger partial charge in [-0.3, -0.25) is 5.10 Å². The first-order valence-electron chi connectivity index (χ1n) is 13.9. The lowest BCUT2D eigenvalue weighted by Crippen LogP contribution is -2.00. The summed E-state index contributed by atoms with van der Waals surface area (Å²) < 4.78 is 12.0. The molecule has 0 spiro atoms. The van der Waals surface area contributed by atoms with E-state index in [4.69, 9.17) is 42.6 Å². The van der Waals surface area contributed by atoms with E-state index in [1.54, 1.807) is 0 Å². The standard InChI is InChI=1S/C33H32Cl2N4O2/c1-3-5-15-40-32-22(17-24-19-26(34)9-13-30(24)36-32)7-11-28-21-29(39-38-28)12-8-23-18-25-20-27(35)10-14-31(25)37-33(23)41-16-6-4-2/h7-14,17-21H,3-6,15-16H2,1-2H3,(H,38,39)/b11-7+,12-8+. The van der Waals surface area contributed by atoms with E-state index < -0.39 is 0 Å². The molecule has 0 saturated heterocycles. The summed E-state index contributed by atoms with van der Waals surface area (Å²) in [4.78, 5) is 9.47. The fourth-order valence-electron chi connectivity index (χ4n) is 4.27. The zero-order chi connectivity index (χ0) is 28.6. The van der Waals surface area contributed by atoms with Gasteiger partial charge in [0.05, 0.1) is 35.6 Å². The Morgan fingerprint density at radius 2 is 1.22 bits per heavy atom. The van der Waals surface area contributed by atoms with Crippen molar-refractivity contribution in [2.45, 2.75) is 39.5 Å². The minimum Gasteiger partial charge on any atom is -0.477 e. The van der Waals surface area contributed by atoms with Gasteiger partial charge in [0, 0.05) is 31.9 Å². The number of rotatable bonds is 12. The van der Waals surface area contributed by atoms with Gasteiger partial charge in [0.1, 0.15) is 0 Å². The van der Waals surface area contributed by atoms with E-state index >= 15 is 0 Å². The number of H-pyrrole nitrogens is 1. The van der Waals surface area contributed by atoms with Crippen molar-refractivity contribution in [3.05, 3.63) is 87.2 Å². The van der Waals surface area contributed by atoms with Crippen molar-refractivity contribution in [3.63, 3.8) is 0 Å². The number of nitrogens with one attached hydrogen (secondary N) is 1. The van der Waals surface area contributed by atoms with Gasteiger partial charge in [0.15, 0.2) is 0 Å². The fourth-order valence-corrected chi connectivity index (χ4v) is 4.63. The highest BCUT2D eigenvalue weighted by Gasteiger charge is 2.09. The molecule has 5 rings (SSSR count). The number of pyridine rings is 2. The molecule has 0 aliphatic rings. The van der Waals surface area contributed by atoms with Gasteiger partial charge >= 0.3 is 0 Å². The van der Waals surface area contributed by atoms with Gasteiger partial charge in [-0.05, 0) is 91.7 Å². The summed E-state index contributed by atoms with van der Waals surface area (Å²) in [6.07, 6.45) is 11.9. The van der Waals surface area contributed by atoms with E-state index in [0.717, 1.165) is 70.0 Å². The van der Waals surface area contributed by atoms with Crippen molar-refractivity contribution in [2.75, 3.05) is 13.2 Å². The molecule has 0 unspecified atom stereocenters. The molecule has 0 bridgehead atoms. The number of hydrogen-bond donors (Lipinski definition) is 1. The van der Waals surface area contributed by atoms with E-state index in [1.807, 2.05) is 78.9 Å². The van der Waals surface area contributed by atoms with Gasteiger partial charge in [-0.2, -0.15) is 5.10 Å². The van der Waals surface area contributed by atoms with Crippen molar-refractivity contribution in [2.24, 2.45) is 0 Å². The predicted molar refractivity (Wildman–Crippen MR) is 171 cm³/mol. The van der Waals surface area contributed by atoms with Gasteiger partial charge in [-0.15, -0.1) is 0 Å². The number of aromatic amines is 1. The van der Waals surface area contributed by atoms with E-state index in [1.165, 1.54) is 0 Å². The maximum absolute atomic E-state index is 6.23. The minimum atomic E-state index is 0.597. The summed E-state index contributed by atoms with van der Waals surface area (Å²) in [5, 5.41) is 10.8. The molecule has 210 valence electrons. The molecule has 3 heterocycles. The Morgan fingerprint density at radius 3 is 1.76 bits per heavy atom. The first-order valence-corrected chi connectivity index (χ1v) is 14.7. The van der Waals surface area contributed by atoms with Crippen molar-refractivity contribution in [1.82, 2.24) is 20.2 Å². The highest BCUT2D eigenvalue weighted by atomic mass is 35.5. The van der Waals surface area contributed by atoms with Crippen molar-refractivity contribution < 1.29 is 9.47 Å². The molecule has 0 fully saturated rings. The number of fused-ring (bicyclic) bond motifs is 2. The predicted octanol–water partition coefficient (Wildman–Crippen LogP) is 9.51. The molecule has 0 aliphatic heterocycles. The van der Waals surface area contributed by atoms with Gasteiger partial charge in [0.2, 0.25) is 11.8 Å². The highest BCUT2D eigenvalue weighted by molar-refractivity contribution is 6.31. The first-order chi connectivity index (χ1) is 20.0. The number of halogens is 2. The largest absolute Gasteiger partial charge is 0.477 e. The van der Waals surface area contributed by atoms with E-state index in [-0.39, 0.29) is 0 Å². The molecule has 0 atom stereocenters. The summed E-state index contributed by atoms with van der Waals surface area (Å²) in [5.41, 5.74) is 5.05. The molecule has 6 nitrogen and oxygen atoms in total. The van der Waals surface area contributed by atoms with Crippen molar-refractivity contribution in [3.8, 4) is 11.8 Å². The summed E-state index contributed by atoms with van der Waals surface area (Å²) in [6, 6.07) is 17.4. The third-order valence-corrected chi connectivity index (χ3v) is 6.98. The fraction of sp³-hybridized carbons (Fsp3) is 0.242. The first kappa shape index (κ1) is 28.7. The molecule has 8 heteroatoms. The SMILES string of the molecule is CCCCOc1nc2ccc(Cl)cc2cc1/C=C/c1cc(/C=C/c2cc3cc(Cl)ccc3nc2OCCCC)[nH]n1. The van der Waals surface area contributed by atoms with E-state index in [2.05, 4.69) is 24.0 Å². The van der Waals surface area contributed by atoms with Crippen LogP contribution in [0.5, 0.6) is 11.8 Å². The second-order valence-electron chi connectivity index (χ2n) is 9.76. The summed E-state index contributed by atoms with van der Waals surface area (Å²) in [7, 11) is 0. The number of ether oxygens (including phenoxy) is 2. The number of hydrogen-bond acceptors (Lipinski definition) is 5. The summed E-state index contributed by atoms with van der Waals surface area (Å²) in [6.45, 7) is 5.50. The lowest BCUT2D eigenvalue weighted by atomic mass is 10.1. The summed E-state index contributed by atoms with van der Waals surface area (Å²) in [5.74, 6) is 1.20. The van der Waals surface area contributed by atoms with E-state index in [9.17, 15) is 0 Å². The zero-order valence-corrected chi connectivity index (χ0v) is 24.7. The van der Waals surface area contributed by atoms with Crippen molar-refractivity contribution in [1.29, 1.82) is 0 Å². The Kier molecular flexibility index (Phi) is 9.55. The molecule has 41 heavy (non-hydrogen) atoms. The molecule has 0 radical (unpaired) electrons. The van der Waals surface area contributed by atoms with Crippen molar-refractivity contribution >= 4 is 69.3 Å². The smallest absolute Gasteiger partial charge is 0.221 e. The van der Waals surface area contributed by atoms with Crippen LogP contribution in [0.4, 0.5) is 0 Å². The van der Waals surface area contributed by atoms with Crippen LogP contribution in [0.2, 0.25) is 10.0 Å². The molecule has 3 aromatic heterocycles. The maximum atomic E-state index is 6.23. The average Bonchev–Trinajstić information content (AvgIpc) is 3.43. The number of nitrogens with zero attached hydrogens (tertiary/aromatic N) is 3. The number of benzene rings is 2. The van der Waals surface area contributed by atoms with Gasteiger partial charge in [-0.25, -0.2) is 9.97 Å².